The third-order valence-electron chi connectivity index (χ3n) is 5.19. The lowest BCUT2D eigenvalue weighted by atomic mass is 10.1. The average Bonchev–Trinajstić information content (AvgIpc) is 3.20. The van der Waals surface area contributed by atoms with Gasteiger partial charge in [-0.2, -0.15) is 0 Å². The third-order valence-corrected chi connectivity index (χ3v) is 6.72. The Bertz CT molecular complexity index is 1290. The van der Waals surface area contributed by atoms with Crippen molar-refractivity contribution in [2.24, 2.45) is 0 Å². The van der Waals surface area contributed by atoms with Crippen LogP contribution in [0.25, 0.3) is 5.69 Å². The molecule has 3 aromatic carbocycles. The molecule has 33 heavy (non-hydrogen) atoms. The maximum Gasteiger partial charge on any atom is 0.253 e. The topological polar surface area (TPSA) is 59.8 Å². The van der Waals surface area contributed by atoms with E-state index in [1.807, 2.05) is 47.9 Å². The van der Waals surface area contributed by atoms with Crippen molar-refractivity contribution in [3.63, 3.8) is 0 Å². The van der Waals surface area contributed by atoms with Crippen LogP contribution in [0.1, 0.15) is 32.9 Å². The Morgan fingerprint density at radius 1 is 1.00 bits per heavy atom. The van der Waals surface area contributed by atoms with Crippen LogP contribution in [0.4, 0.5) is 0 Å². The number of hydrogen-bond donors (Lipinski definition) is 1. The Balaban J connectivity index is 1.58. The van der Waals surface area contributed by atoms with E-state index in [0.717, 1.165) is 22.2 Å². The number of nitrogens with one attached hydrogen (secondary N) is 1. The molecule has 168 valence electrons. The van der Waals surface area contributed by atoms with Crippen molar-refractivity contribution in [3.05, 3.63) is 105 Å². The quantitative estimate of drug-likeness (QED) is 0.300. The second-order valence-electron chi connectivity index (χ2n) is 7.59. The number of thioether (sulfide) groups is 1. The molecule has 1 amide bonds. The Labute approximate surface area is 207 Å². The van der Waals surface area contributed by atoms with Crippen molar-refractivity contribution < 1.29 is 4.79 Å². The van der Waals surface area contributed by atoms with Crippen LogP contribution in [0.15, 0.2) is 71.9 Å². The molecule has 1 N–H and O–H groups in total. The number of amides is 1. The number of aryl methyl sites for hydroxylation is 2. The smallest absolute Gasteiger partial charge is 0.253 e. The van der Waals surface area contributed by atoms with Gasteiger partial charge in [0, 0.05) is 16.5 Å². The van der Waals surface area contributed by atoms with Gasteiger partial charge in [-0.15, -0.1) is 10.2 Å². The maximum absolute atomic E-state index is 12.7. The summed E-state index contributed by atoms with van der Waals surface area (Å²) in [5.74, 6) is 1.09. The van der Waals surface area contributed by atoms with E-state index in [1.165, 1.54) is 11.1 Å². The van der Waals surface area contributed by atoms with Gasteiger partial charge in [-0.1, -0.05) is 76.9 Å². The molecule has 0 unspecified atom stereocenters. The van der Waals surface area contributed by atoms with E-state index in [-0.39, 0.29) is 12.5 Å². The van der Waals surface area contributed by atoms with E-state index >= 15 is 0 Å². The summed E-state index contributed by atoms with van der Waals surface area (Å²) < 4.78 is 1.98. The second-order valence-corrected chi connectivity index (χ2v) is 9.38. The van der Waals surface area contributed by atoms with Gasteiger partial charge in [-0.25, -0.2) is 0 Å². The zero-order valence-electron chi connectivity index (χ0n) is 18.2. The van der Waals surface area contributed by atoms with Gasteiger partial charge >= 0.3 is 0 Å². The van der Waals surface area contributed by atoms with Gasteiger partial charge < -0.3 is 5.32 Å². The summed E-state index contributed by atoms with van der Waals surface area (Å²) in [6.07, 6.45) is 0. The number of aromatic nitrogens is 3. The lowest BCUT2D eigenvalue weighted by molar-refractivity contribution is 0.0950. The molecule has 1 aromatic heterocycles. The van der Waals surface area contributed by atoms with Crippen LogP contribution in [0, 0.1) is 13.8 Å². The summed E-state index contributed by atoms with van der Waals surface area (Å²) in [7, 11) is 0. The number of nitrogens with zero attached hydrogens (tertiary/aromatic N) is 3. The highest BCUT2D eigenvalue weighted by Crippen LogP contribution is 2.27. The van der Waals surface area contributed by atoms with Crippen molar-refractivity contribution in [1.82, 2.24) is 20.1 Å². The van der Waals surface area contributed by atoms with Crippen LogP contribution in [-0.2, 0) is 12.3 Å². The standard InChI is InChI=1S/C25H22Cl2N4OS/c1-16-7-10-20(11-8-16)31-23(14-28-24(32)21-12-9-19(26)13-22(21)27)29-30-25(31)33-15-18-6-4-3-5-17(18)2/h3-13H,14-15H2,1-2H3,(H,28,32). The summed E-state index contributed by atoms with van der Waals surface area (Å²) in [5, 5.41) is 13.2. The van der Waals surface area contributed by atoms with Crippen LogP contribution < -0.4 is 5.32 Å². The van der Waals surface area contributed by atoms with Crippen LogP contribution in [0.5, 0.6) is 0 Å². The fourth-order valence-electron chi connectivity index (χ4n) is 3.30. The van der Waals surface area contributed by atoms with Crippen molar-refractivity contribution in [2.75, 3.05) is 0 Å². The van der Waals surface area contributed by atoms with E-state index < -0.39 is 0 Å². The van der Waals surface area contributed by atoms with Crippen molar-refractivity contribution in [1.29, 1.82) is 0 Å². The SMILES string of the molecule is Cc1ccc(-n2c(CNC(=O)c3ccc(Cl)cc3Cl)nnc2SCc2ccccc2C)cc1. The van der Waals surface area contributed by atoms with Crippen LogP contribution in [-0.4, -0.2) is 20.7 Å². The normalized spacial score (nSPS) is 10.9. The lowest BCUT2D eigenvalue weighted by Crippen LogP contribution is -2.25. The predicted molar refractivity (Wildman–Crippen MR) is 134 cm³/mol. The van der Waals surface area contributed by atoms with E-state index in [2.05, 4.69) is 34.6 Å². The summed E-state index contributed by atoms with van der Waals surface area (Å²) in [5.41, 5.74) is 4.93. The molecule has 0 fully saturated rings. The Morgan fingerprint density at radius 3 is 2.48 bits per heavy atom. The minimum atomic E-state index is -0.302. The Kier molecular flexibility index (Phi) is 7.38. The van der Waals surface area contributed by atoms with Gasteiger partial charge in [0.05, 0.1) is 17.1 Å². The van der Waals surface area contributed by atoms with Crippen molar-refractivity contribution in [3.8, 4) is 5.69 Å². The molecule has 0 saturated heterocycles. The van der Waals surface area contributed by atoms with E-state index in [1.54, 1.807) is 30.0 Å². The Hall–Kier alpha value is -2.80. The van der Waals surface area contributed by atoms with Crippen LogP contribution >= 0.6 is 35.0 Å². The number of rotatable bonds is 7. The average molecular weight is 497 g/mol. The molecule has 4 aromatic rings. The first-order valence-corrected chi connectivity index (χ1v) is 12.1. The molecule has 0 atom stereocenters. The van der Waals surface area contributed by atoms with Crippen molar-refractivity contribution >= 4 is 40.9 Å². The molecule has 1 heterocycles. The zero-order chi connectivity index (χ0) is 23.4. The number of carbonyl (C=O) groups excluding carboxylic acids is 1. The minimum Gasteiger partial charge on any atom is -0.345 e. The second kappa shape index (κ2) is 10.4. The predicted octanol–water partition coefficient (Wildman–Crippen LogP) is 6.41. The molecule has 0 aliphatic heterocycles. The molecule has 4 rings (SSSR count). The monoisotopic (exact) mass is 496 g/mol. The molecule has 0 radical (unpaired) electrons. The maximum atomic E-state index is 12.7. The summed E-state index contributed by atoms with van der Waals surface area (Å²) >= 11 is 13.7. The van der Waals surface area contributed by atoms with Gasteiger partial charge in [-0.05, 0) is 55.3 Å². The van der Waals surface area contributed by atoms with E-state index in [0.29, 0.717) is 21.4 Å². The molecule has 8 heteroatoms. The Morgan fingerprint density at radius 2 is 1.76 bits per heavy atom. The van der Waals surface area contributed by atoms with Gasteiger partial charge in [0.15, 0.2) is 11.0 Å². The largest absolute Gasteiger partial charge is 0.345 e. The first-order chi connectivity index (χ1) is 15.9. The van der Waals surface area contributed by atoms with Crippen LogP contribution in [0.2, 0.25) is 10.0 Å². The number of carbonyl (C=O) groups is 1. The third kappa shape index (κ3) is 5.58. The summed E-state index contributed by atoms with van der Waals surface area (Å²) in [4.78, 5) is 12.7. The molecular weight excluding hydrogens is 475 g/mol. The fourth-order valence-corrected chi connectivity index (χ4v) is 4.85. The fraction of sp³-hybridized carbons (Fsp3) is 0.160. The summed E-state index contributed by atoms with van der Waals surface area (Å²) in [6, 6.07) is 21.2. The highest BCUT2D eigenvalue weighted by Gasteiger charge is 2.17. The molecule has 0 aliphatic carbocycles. The summed E-state index contributed by atoms with van der Waals surface area (Å²) in [6.45, 7) is 4.34. The van der Waals surface area contributed by atoms with Gasteiger partial charge in [0.2, 0.25) is 0 Å². The first kappa shape index (κ1) is 23.4. The van der Waals surface area contributed by atoms with E-state index in [4.69, 9.17) is 23.2 Å². The number of benzene rings is 3. The van der Waals surface area contributed by atoms with Crippen molar-refractivity contribution in [2.45, 2.75) is 31.3 Å². The minimum absolute atomic E-state index is 0.198. The molecule has 0 spiro atoms. The molecule has 0 aliphatic rings. The van der Waals surface area contributed by atoms with Gasteiger partial charge in [0.25, 0.3) is 5.91 Å². The lowest BCUT2D eigenvalue weighted by Gasteiger charge is -2.12. The number of halogens is 2. The highest BCUT2D eigenvalue weighted by atomic mass is 35.5. The van der Waals surface area contributed by atoms with Gasteiger partial charge in [-0.3, -0.25) is 9.36 Å². The number of hydrogen-bond acceptors (Lipinski definition) is 4. The van der Waals surface area contributed by atoms with Crippen LogP contribution in [0.3, 0.4) is 0 Å². The molecular formula is C25H22Cl2N4OS. The molecule has 5 nitrogen and oxygen atoms in total. The molecule has 0 bridgehead atoms. The zero-order valence-corrected chi connectivity index (χ0v) is 20.5. The van der Waals surface area contributed by atoms with Gasteiger partial charge in [0.1, 0.15) is 0 Å². The highest BCUT2D eigenvalue weighted by molar-refractivity contribution is 7.98. The first-order valence-electron chi connectivity index (χ1n) is 10.3. The molecule has 0 saturated carbocycles. The van der Waals surface area contributed by atoms with E-state index in [9.17, 15) is 4.79 Å².